The minimum absolute atomic E-state index is 0.431. The molecule has 0 aliphatic heterocycles. The summed E-state index contributed by atoms with van der Waals surface area (Å²) in [5.41, 5.74) is 3.33. The highest BCUT2D eigenvalue weighted by Gasteiger charge is 2.20. The molecule has 0 spiro atoms. The first kappa shape index (κ1) is 12.6. The predicted octanol–water partition coefficient (Wildman–Crippen LogP) is 2.78. The summed E-state index contributed by atoms with van der Waals surface area (Å²) in [7, 11) is 1.85. The highest BCUT2D eigenvalue weighted by molar-refractivity contribution is 5.63. The first-order valence-corrected chi connectivity index (χ1v) is 5.70. The monoisotopic (exact) mass is 249 g/mol. The molecule has 18 heavy (non-hydrogen) atoms. The Labute approximate surface area is 105 Å². The van der Waals surface area contributed by atoms with Crippen molar-refractivity contribution in [3.8, 4) is 11.3 Å². The van der Waals surface area contributed by atoms with Crippen LogP contribution in [0.1, 0.15) is 17.0 Å². The van der Waals surface area contributed by atoms with E-state index in [1.807, 2.05) is 31.7 Å². The molecule has 0 N–H and O–H groups in total. The van der Waals surface area contributed by atoms with Gasteiger partial charge in [-0.3, -0.25) is 0 Å². The highest BCUT2D eigenvalue weighted by atomic mass is 19.1. The Kier molecular flexibility index (Phi) is 3.11. The lowest BCUT2D eigenvalue weighted by molar-refractivity contribution is -0.661. The highest BCUT2D eigenvalue weighted by Crippen LogP contribution is 2.25. The average Bonchev–Trinajstić information content (AvgIpc) is 2.23. The van der Waals surface area contributed by atoms with Crippen LogP contribution in [0.15, 0.2) is 18.3 Å². The predicted molar refractivity (Wildman–Crippen MR) is 65.0 cm³/mol. The maximum Gasteiger partial charge on any atom is 0.234 e. The van der Waals surface area contributed by atoms with Gasteiger partial charge in [0.25, 0.3) is 0 Å². The summed E-state index contributed by atoms with van der Waals surface area (Å²) in [6.07, 6.45) is 1.84. The maximum atomic E-state index is 13.6. The molecule has 0 aliphatic carbocycles. The fourth-order valence-electron chi connectivity index (χ4n) is 2.22. The lowest BCUT2D eigenvalue weighted by Crippen LogP contribution is -2.33. The molecule has 0 bridgehead atoms. The standard InChI is InChI=1S/C14H15F2N2/c1-8-7-18(4)14(10(3)17-8)12-5-11(15)6-13(16)9(12)2/h5-7H,1-4H3/q+1. The SMILES string of the molecule is Cc1c[n+](C)c(-c2cc(F)cc(F)c2C)c(C)n1. The van der Waals surface area contributed by atoms with Crippen LogP contribution in [-0.4, -0.2) is 4.98 Å². The molecule has 0 saturated heterocycles. The van der Waals surface area contributed by atoms with E-state index in [1.54, 1.807) is 6.92 Å². The van der Waals surface area contributed by atoms with E-state index in [0.717, 1.165) is 23.1 Å². The summed E-state index contributed by atoms with van der Waals surface area (Å²) in [5.74, 6) is -1.11. The molecular formula is C14H15F2N2+. The molecule has 2 nitrogen and oxygen atoms in total. The maximum absolute atomic E-state index is 13.6. The molecule has 1 aromatic carbocycles. The van der Waals surface area contributed by atoms with Gasteiger partial charge in [-0.1, -0.05) is 0 Å². The van der Waals surface area contributed by atoms with Gasteiger partial charge in [-0.25, -0.2) is 13.8 Å². The minimum Gasteiger partial charge on any atom is -0.245 e. The third kappa shape index (κ3) is 2.10. The van der Waals surface area contributed by atoms with Gasteiger partial charge in [-0.05, 0) is 32.4 Å². The van der Waals surface area contributed by atoms with Crippen molar-refractivity contribution >= 4 is 0 Å². The number of rotatable bonds is 1. The first-order valence-electron chi connectivity index (χ1n) is 5.70. The van der Waals surface area contributed by atoms with Crippen LogP contribution in [0.5, 0.6) is 0 Å². The number of hydrogen-bond donors (Lipinski definition) is 0. The van der Waals surface area contributed by atoms with Crippen LogP contribution >= 0.6 is 0 Å². The zero-order valence-electron chi connectivity index (χ0n) is 10.9. The van der Waals surface area contributed by atoms with Gasteiger partial charge in [-0.15, -0.1) is 0 Å². The molecular weight excluding hydrogens is 234 g/mol. The van der Waals surface area contributed by atoms with Crippen molar-refractivity contribution in [2.75, 3.05) is 0 Å². The summed E-state index contributed by atoms with van der Waals surface area (Å²) in [5, 5.41) is 0. The molecule has 2 rings (SSSR count). The molecule has 0 fully saturated rings. The van der Waals surface area contributed by atoms with Gasteiger partial charge in [0.15, 0.2) is 6.20 Å². The second-order valence-electron chi connectivity index (χ2n) is 4.49. The van der Waals surface area contributed by atoms with Gasteiger partial charge in [0.1, 0.15) is 30.1 Å². The molecule has 2 aromatic rings. The van der Waals surface area contributed by atoms with Gasteiger partial charge in [0.2, 0.25) is 5.69 Å². The Hall–Kier alpha value is -1.84. The van der Waals surface area contributed by atoms with Crippen LogP contribution in [0.3, 0.4) is 0 Å². The molecule has 94 valence electrons. The number of hydrogen-bond acceptors (Lipinski definition) is 1. The molecule has 0 atom stereocenters. The lowest BCUT2D eigenvalue weighted by Gasteiger charge is -2.08. The van der Waals surface area contributed by atoms with Gasteiger partial charge in [0, 0.05) is 6.07 Å². The van der Waals surface area contributed by atoms with Crippen LogP contribution in [0.25, 0.3) is 11.3 Å². The fourth-order valence-corrected chi connectivity index (χ4v) is 2.22. The van der Waals surface area contributed by atoms with E-state index < -0.39 is 11.6 Å². The fraction of sp³-hybridized carbons (Fsp3) is 0.286. The molecule has 0 radical (unpaired) electrons. The van der Waals surface area contributed by atoms with Crippen molar-refractivity contribution in [1.29, 1.82) is 0 Å². The largest absolute Gasteiger partial charge is 0.245 e. The van der Waals surface area contributed by atoms with Gasteiger partial charge in [-0.2, -0.15) is 4.57 Å². The Morgan fingerprint density at radius 3 is 2.39 bits per heavy atom. The van der Waals surface area contributed by atoms with Crippen molar-refractivity contribution in [2.24, 2.45) is 7.05 Å². The van der Waals surface area contributed by atoms with Crippen molar-refractivity contribution in [2.45, 2.75) is 20.8 Å². The number of nitrogens with zero attached hydrogens (tertiary/aromatic N) is 2. The molecule has 0 saturated carbocycles. The van der Waals surface area contributed by atoms with Crippen LogP contribution in [0.4, 0.5) is 8.78 Å². The van der Waals surface area contributed by atoms with Crippen molar-refractivity contribution in [3.63, 3.8) is 0 Å². The van der Waals surface area contributed by atoms with Crippen molar-refractivity contribution in [3.05, 3.63) is 46.9 Å². The van der Waals surface area contributed by atoms with Crippen LogP contribution in [-0.2, 0) is 7.05 Å². The van der Waals surface area contributed by atoms with E-state index >= 15 is 0 Å². The third-order valence-electron chi connectivity index (χ3n) is 2.98. The van der Waals surface area contributed by atoms with E-state index in [9.17, 15) is 8.78 Å². The summed E-state index contributed by atoms with van der Waals surface area (Å²) in [4.78, 5) is 4.35. The Morgan fingerprint density at radius 1 is 1.11 bits per heavy atom. The zero-order chi connectivity index (χ0) is 13.4. The van der Waals surface area contributed by atoms with Crippen LogP contribution in [0, 0.1) is 32.4 Å². The average molecular weight is 249 g/mol. The second kappa shape index (κ2) is 4.44. The molecule has 0 amide bonds. The molecule has 1 aromatic heterocycles. The van der Waals surface area contributed by atoms with E-state index in [4.69, 9.17) is 0 Å². The Morgan fingerprint density at radius 2 is 1.78 bits per heavy atom. The normalized spacial score (nSPS) is 10.8. The minimum atomic E-state index is -0.576. The second-order valence-corrected chi connectivity index (χ2v) is 4.49. The Bertz CT molecular complexity index is 598. The van der Waals surface area contributed by atoms with Gasteiger partial charge in [0.05, 0.1) is 5.56 Å². The summed E-state index contributed by atoms with van der Waals surface area (Å²) >= 11 is 0. The van der Waals surface area contributed by atoms with Crippen molar-refractivity contribution in [1.82, 2.24) is 4.98 Å². The van der Waals surface area contributed by atoms with E-state index in [-0.39, 0.29) is 0 Å². The molecule has 1 heterocycles. The topological polar surface area (TPSA) is 16.8 Å². The lowest BCUT2D eigenvalue weighted by atomic mass is 10.0. The Balaban J connectivity index is 2.77. The van der Waals surface area contributed by atoms with Gasteiger partial charge < -0.3 is 0 Å². The van der Waals surface area contributed by atoms with Gasteiger partial charge >= 0.3 is 0 Å². The zero-order valence-corrected chi connectivity index (χ0v) is 10.9. The van der Waals surface area contributed by atoms with E-state index in [2.05, 4.69) is 4.98 Å². The summed E-state index contributed by atoms with van der Waals surface area (Å²) < 4.78 is 28.8. The number of halogens is 2. The number of benzene rings is 1. The molecule has 4 heteroatoms. The van der Waals surface area contributed by atoms with E-state index in [1.165, 1.54) is 6.07 Å². The quantitative estimate of drug-likeness (QED) is 0.710. The summed E-state index contributed by atoms with van der Waals surface area (Å²) in [6, 6.07) is 2.24. The first-order chi connectivity index (χ1) is 8.40. The van der Waals surface area contributed by atoms with Crippen LogP contribution < -0.4 is 4.57 Å². The van der Waals surface area contributed by atoms with Crippen molar-refractivity contribution < 1.29 is 13.3 Å². The smallest absolute Gasteiger partial charge is 0.234 e. The van der Waals surface area contributed by atoms with Crippen LogP contribution in [0.2, 0.25) is 0 Å². The molecule has 0 aliphatic rings. The summed E-state index contributed by atoms with van der Waals surface area (Å²) in [6.45, 7) is 5.36. The number of aryl methyl sites for hydroxylation is 3. The number of aromatic nitrogens is 2. The molecule has 0 unspecified atom stereocenters. The third-order valence-corrected chi connectivity index (χ3v) is 2.98. The van der Waals surface area contributed by atoms with E-state index in [0.29, 0.717) is 11.1 Å².